The molecular weight excluding hydrogens is 1170 g/mol. The first-order chi connectivity index (χ1) is 40.6. The summed E-state index contributed by atoms with van der Waals surface area (Å²) in [6.45, 7) is 4.90. The van der Waals surface area contributed by atoms with Gasteiger partial charge in [0.1, 0.15) is 43.2 Å². The Morgan fingerprint density at radius 3 is 2.10 bits per heavy atom. The van der Waals surface area contributed by atoms with Crippen molar-refractivity contribution >= 4 is 104 Å². The predicted molar refractivity (Wildman–Crippen MR) is 307 cm³/mol. The number of nitro benzene ring substituents is 1. The molecule has 2 aromatic carbocycles. The number of nitrogens with zero attached hydrogens (tertiary/aromatic N) is 2. The molecule has 6 rings (SSSR count). The number of aromatic amines is 1. The van der Waals surface area contributed by atoms with Crippen molar-refractivity contribution in [2.45, 2.75) is 150 Å². The first kappa shape index (κ1) is 70.4. The normalized spacial score (nSPS) is 20.4. The van der Waals surface area contributed by atoms with Gasteiger partial charge in [-0.3, -0.25) is 58.2 Å². The fourth-order valence-electron chi connectivity index (χ4n) is 9.21. The van der Waals surface area contributed by atoms with Crippen LogP contribution in [0.25, 0.3) is 10.9 Å². The number of esters is 2. The molecule has 86 heavy (non-hydrogen) atoms. The van der Waals surface area contributed by atoms with Crippen LogP contribution in [0.5, 0.6) is 0 Å². The van der Waals surface area contributed by atoms with E-state index in [-0.39, 0.29) is 53.7 Å². The molecule has 7 amide bonds. The number of ether oxygens (including phenoxy) is 2. The van der Waals surface area contributed by atoms with Crippen LogP contribution >= 0.6 is 11.8 Å². The van der Waals surface area contributed by atoms with E-state index >= 15 is 0 Å². The van der Waals surface area contributed by atoms with Gasteiger partial charge in [-0.05, 0) is 57.3 Å². The summed E-state index contributed by atoms with van der Waals surface area (Å²) in [6.07, 6.45) is 6.45. The van der Waals surface area contributed by atoms with Crippen molar-refractivity contribution in [3.05, 3.63) is 64.2 Å². The zero-order chi connectivity index (χ0) is 63.8. The Balaban J connectivity index is 0.000000418. The number of fused-ring (bicyclic) bond motifs is 3. The molecule has 0 bridgehead atoms. The van der Waals surface area contributed by atoms with Gasteiger partial charge >= 0.3 is 17.9 Å². The number of nitro groups is 1. The number of H-pyrrole nitrogens is 1. The van der Waals surface area contributed by atoms with Crippen LogP contribution in [-0.2, 0) is 72.2 Å². The third-order valence-electron chi connectivity index (χ3n) is 13.8. The first-order valence-electron chi connectivity index (χ1n) is 27.5. The van der Waals surface area contributed by atoms with Crippen molar-refractivity contribution < 1.29 is 85.8 Å². The number of benzene rings is 2. The third-order valence-corrected chi connectivity index (χ3v) is 16.4. The summed E-state index contributed by atoms with van der Waals surface area (Å²) in [5.74, 6) is -8.99. The molecule has 1 aromatic heterocycles. The number of aliphatic hydroxyl groups excluding tert-OH is 1. The number of thioether (sulfide) groups is 1. The molecule has 1 saturated heterocycles. The quantitative estimate of drug-likeness (QED) is 0.0322. The third kappa shape index (κ3) is 22.1. The zero-order valence-electron chi connectivity index (χ0n) is 48.1. The van der Waals surface area contributed by atoms with Crippen molar-refractivity contribution in [2.75, 3.05) is 39.0 Å². The van der Waals surface area contributed by atoms with Crippen LogP contribution in [0.15, 0.2) is 58.5 Å². The number of hydrogen-bond donors (Lipinski definition) is 11. The van der Waals surface area contributed by atoms with Crippen molar-refractivity contribution in [1.82, 2.24) is 46.5 Å². The molecule has 0 spiro atoms. The van der Waals surface area contributed by atoms with E-state index in [9.17, 15) is 76.4 Å². The van der Waals surface area contributed by atoms with Gasteiger partial charge in [0.15, 0.2) is 4.90 Å². The fraction of sp³-hybridized carbons (Fsp3) is 0.537. The predicted octanol–water partition coefficient (Wildman–Crippen LogP) is -0.145. The Morgan fingerprint density at radius 2 is 1.53 bits per heavy atom. The van der Waals surface area contributed by atoms with E-state index < -0.39 is 141 Å². The van der Waals surface area contributed by atoms with Gasteiger partial charge in [0.25, 0.3) is 5.69 Å². The number of nitrogens with one attached hydrogen (secondary N) is 8. The molecule has 7 unspecified atom stereocenters. The maximum atomic E-state index is 14.1. The van der Waals surface area contributed by atoms with E-state index in [4.69, 9.17) is 20.3 Å². The molecule has 0 radical (unpaired) electrons. The number of likely N-dealkylation sites (tertiary alicyclic amines) is 1. The molecule has 2 fully saturated rings. The largest absolute Gasteiger partial charge is 0.480 e. The number of carboxylic acids is 1. The van der Waals surface area contributed by atoms with Gasteiger partial charge in [-0.2, -0.15) is 4.72 Å². The number of aliphatic hydroxyl groups is 1. The average molecular weight is 1250 g/mol. The molecule has 12 N–H and O–H groups in total. The molecule has 1 aliphatic carbocycles. The van der Waals surface area contributed by atoms with Crippen LogP contribution in [0.3, 0.4) is 0 Å². The minimum absolute atomic E-state index is 0.00992. The standard InChI is InChI=1S/C33H39N9O11S2.C15H24N2O7.C6H12O/c1-3-17(2)28-31(48)35-13-25(45)38-21(30(47)37-18(15-43)12-24(34)44)16-54-33-27(19-8-4-5-9-20(19)39-33)29(32(49)36-14-26(46)40-28)41-55(52,53)23-11-7-6-10-22(23)42(50)51;1-9(18)23-8-11(24-10(2)19)7-12(15(21)22)16-14(20)13-5-4-6-17(13)3;7-6-4-2-1-3-5-6/h4-11,15,17-18,21,28-29,39,41H,3,12-14,16H2,1-2H3,(H2,34,44)(H,35,48)(H,36,49)(H,37,47)(H,38,45)(H,40,46);11-13H,4-8H2,1-3H3,(H,16,20)(H,21,22);6-7H,1-5H2/t17?,18?,21-,28?,29?;;/m0../s1. The average Bonchev–Trinajstić information content (AvgIpc) is 4.24. The number of primary amides is 1. The summed E-state index contributed by atoms with van der Waals surface area (Å²) in [5.41, 5.74) is 4.80. The highest BCUT2D eigenvalue weighted by atomic mass is 32.2. The van der Waals surface area contributed by atoms with Crippen LogP contribution in [0.2, 0.25) is 0 Å². The molecule has 1 saturated carbocycles. The van der Waals surface area contributed by atoms with Crippen molar-refractivity contribution in [3.8, 4) is 0 Å². The molecule has 32 heteroatoms. The molecule has 472 valence electrons. The maximum absolute atomic E-state index is 14.1. The van der Waals surface area contributed by atoms with Crippen molar-refractivity contribution in [1.29, 1.82) is 0 Å². The van der Waals surface area contributed by atoms with Gasteiger partial charge in [-0.1, -0.05) is 69.9 Å². The highest BCUT2D eigenvalue weighted by Crippen LogP contribution is 2.36. The van der Waals surface area contributed by atoms with E-state index in [1.54, 1.807) is 45.2 Å². The summed E-state index contributed by atoms with van der Waals surface area (Å²) in [5, 5.41) is 45.0. The summed E-state index contributed by atoms with van der Waals surface area (Å²) in [4.78, 5) is 151. The van der Waals surface area contributed by atoms with Gasteiger partial charge in [0.05, 0.1) is 47.6 Å². The Bertz CT molecular complexity index is 3050. The fourth-order valence-corrected chi connectivity index (χ4v) is 11.7. The van der Waals surface area contributed by atoms with Crippen LogP contribution in [-0.4, -0.2) is 180 Å². The van der Waals surface area contributed by atoms with Crippen LogP contribution < -0.4 is 42.4 Å². The second-order valence-corrected chi connectivity index (χ2v) is 23.2. The highest BCUT2D eigenvalue weighted by Gasteiger charge is 2.37. The lowest BCUT2D eigenvalue weighted by atomic mass is 9.98. The Labute approximate surface area is 499 Å². The van der Waals surface area contributed by atoms with E-state index in [0.29, 0.717) is 23.7 Å². The number of para-hydroxylation sites is 2. The minimum atomic E-state index is -4.87. The van der Waals surface area contributed by atoms with E-state index in [1.807, 2.05) is 4.90 Å². The summed E-state index contributed by atoms with van der Waals surface area (Å²) in [7, 11) is -3.07. The summed E-state index contributed by atoms with van der Waals surface area (Å²) < 4.78 is 39.7. The number of carboxylic acid groups (broad SMARTS) is 1. The SMILES string of the molecule is CC(=O)OCC(CC(NC(=O)C1CCCN1C)C(=O)O)OC(C)=O.CCC(C)C1NC(=O)CNC(=O)C(NS(=O)(=O)c2ccccc2[N+](=O)[O-])c2c([nH]c3ccccc23)SC[C@@H](C(=O)NC(C=O)CC(N)=O)NC(=O)CNC1=O.OC1CCCCC1. The lowest BCUT2D eigenvalue weighted by molar-refractivity contribution is -0.387. The Morgan fingerprint density at radius 1 is 0.895 bits per heavy atom. The number of amides is 7. The number of carbonyl (C=O) groups is 11. The number of carbonyl (C=O) groups excluding carboxylic acids is 10. The minimum Gasteiger partial charge on any atom is -0.480 e. The number of rotatable bonds is 19. The molecule has 3 aliphatic rings. The number of sulfonamides is 1. The molecular formula is C54H75N11O19S2. The van der Waals surface area contributed by atoms with Gasteiger partial charge < -0.3 is 67.1 Å². The molecule has 3 aromatic rings. The maximum Gasteiger partial charge on any atom is 0.326 e. The number of hydrogen-bond acceptors (Lipinski definition) is 20. The van der Waals surface area contributed by atoms with Gasteiger partial charge in [-0.25, -0.2) is 13.2 Å². The number of aliphatic carboxylic acids is 1. The molecule has 30 nitrogen and oxygen atoms in total. The zero-order valence-corrected chi connectivity index (χ0v) is 49.8. The van der Waals surface area contributed by atoms with Gasteiger partial charge in [0.2, 0.25) is 51.4 Å². The number of aromatic nitrogens is 1. The number of nitrogens with two attached hydrogens (primary N) is 1. The van der Waals surface area contributed by atoms with Crippen molar-refractivity contribution in [3.63, 3.8) is 0 Å². The monoisotopic (exact) mass is 1250 g/mol. The van der Waals surface area contributed by atoms with Crippen molar-refractivity contribution in [2.24, 2.45) is 11.7 Å². The van der Waals surface area contributed by atoms with E-state index in [2.05, 4.69) is 41.6 Å². The number of likely N-dealkylation sites (N-methyl/N-ethyl adjacent to an activating group) is 1. The van der Waals surface area contributed by atoms with E-state index in [1.165, 1.54) is 45.2 Å². The Kier molecular flexibility index (Phi) is 28.0. The number of aldehydes is 1. The lowest BCUT2D eigenvalue weighted by Gasteiger charge is -2.24. The summed E-state index contributed by atoms with van der Waals surface area (Å²) in [6, 6.07) is 3.34. The molecule has 2 aliphatic heterocycles. The Hall–Kier alpha value is -8.07. The summed E-state index contributed by atoms with van der Waals surface area (Å²) >= 11 is 0.843. The second kappa shape index (κ2) is 34.2. The van der Waals surface area contributed by atoms with Gasteiger partial charge in [0, 0.05) is 48.6 Å². The van der Waals surface area contributed by atoms with E-state index in [0.717, 1.165) is 49.7 Å². The first-order valence-corrected chi connectivity index (χ1v) is 30.0. The second-order valence-electron chi connectivity index (χ2n) is 20.5. The molecule has 8 atom stereocenters. The molecule has 3 heterocycles. The van der Waals surface area contributed by atoms with Crippen LogP contribution in [0, 0.1) is 16.0 Å². The van der Waals surface area contributed by atoms with Crippen LogP contribution in [0.1, 0.15) is 104 Å². The van der Waals surface area contributed by atoms with Crippen LogP contribution in [0.4, 0.5) is 5.69 Å². The lowest BCUT2D eigenvalue weighted by Crippen LogP contribution is -2.56. The van der Waals surface area contributed by atoms with Gasteiger partial charge in [-0.15, -0.1) is 11.8 Å². The topological polar surface area (TPSA) is 453 Å². The smallest absolute Gasteiger partial charge is 0.326 e. The highest BCUT2D eigenvalue weighted by molar-refractivity contribution is 7.99.